The van der Waals surface area contributed by atoms with E-state index in [4.69, 9.17) is 0 Å². The molecule has 2 heterocycles. The first-order chi connectivity index (χ1) is 10.2. The van der Waals surface area contributed by atoms with Crippen molar-refractivity contribution in [1.29, 1.82) is 0 Å². The molecule has 2 aliphatic rings. The number of hydrogen-bond donors (Lipinski definition) is 1. The van der Waals surface area contributed by atoms with Gasteiger partial charge in [-0.3, -0.25) is 4.79 Å². The second kappa shape index (κ2) is 6.52. The van der Waals surface area contributed by atoms with Crippen LogP contribution in [0.2, 0.25) is 0 Å². The van der Waals surface area contributed by atoms with Gasteiger partial charge in [0.25, 0.3) is 0 Å². The molecule has 5 nitrogen and oxygen atoms in total. The van der Waals surface area contributed by atoms with Gasteiger partial charge < -0.3 is 10.2 Å². The number of carbonyl (C=O) groups is 1. The summed E-state index contributed by atoms with van der Waals surface area (Å²) < 4.78 is 0.912. The number of amides is 1. The number of nitrogens with zero attached hydrogens (tertiary/aromatic N) is 3. The Balaban J connectivity index is 1.68. The monoisotopic (exact) mass is 370 g/mol. The van der Waals surface area contributed by atoms with E-state index >= 15 is 0 Å². The van der Waals surface area contributed by atoms with Crippen molar-refractivity contribution in [2.75, 3.05) is 24.2 Å². The van der Waals surface area contributed by atoms with Gasteiger partial charge in [0, 0.05) is 31.2 Å². The summed E-state index contributed by atoms with van der Waals surface area (Å²) in [5, 5.41) is 3.96. The second-order valence-corrected chi connectivity index (χ2v) is 7.22. The van der Waals surface area contributed by atoms with E-state index in [0.29, 0.717) is 0 Å². The minimum absolute atomic E-state index is 0.228. The van der Waals surface area contributed by atoms with Crippen LogP contribution in [-0.4, -0.2) is 41.3 Å². The average molecular weight is 371 g/mol. The molecular formula is C14H19BrN4OS. The molecule has 3 rings (SSSR count). The molecule has 1 saturated heterocycles. The molecule has 1 aliphatic heterocycles. The van der Waals surface area contributed by atoms with E-state index in [1.54, 1.807) is 6.20 Å². The Bertz CT molecular complexity index is 538. The lowest BCUT2D eigenvalue weighted by Gasteiger charge is -2.34. The molecule has 1 aromatic heterocycles. The van der Waals surface area contributed by atoms with E-state index in [9.17, 15) is 4.79 Å². The van der Waals surface area contributed by atoms with Crippen LogP contribution in [0.5, 0.6) is 0 Å². The van der Waals surface area contributed by atoms with Crippen LogP contribution in [0.1, 0.15) is 25.7 Å². The Morgan fingerprint density at radius 3 is 3.00 bits per heavy atom. The molecule has 114 valence electrons. The minimum atomic E-state index is 0.228. The Morgan fingerprint density at radius 1 is 1.48 bits per heavy atom. The van der Waals surface area contributed by atoms with E-state index in [0.717, 1.165) is 54.2 Å². The highest BCUT2D eigenvalue weighted by molar-refractivity contribution is 9.10. The number of aromatic nitrogens is 2. The number of thioether (sulfide) groups is 1. The van der Waals surface area contributed by atoms with Gasteiger partial charge in [0.05, 0.1) is 4.47 Å². The summed E-state index contributed by atoms with van der Waals surface area (Å²) >= 11 is 5.08. The third-order valence-corrected chi connectivity index (χ3v) is 5.02. The molecule has 0 aromatic carbocycles. The van der Waals surface area contributed by atoms with E-state index < -0.39 is 0 Å². The fourth-order valence-corrected chi connectivity index (χ4v) is 3.39. The molecule has 1 unspecified atom stereocenters. The van der Waals surface area contributed by atoms with Gasteiger partial charge in [-0.05, 0) is 47.9 Å². The molecular weight excluding hydrogens is 352 g/mol. The standard InChI is InChI=1S/C14H19BrN4OS/c1-21-14-16-7-11(15)12(18-14)19-6-2-3-10(8-19)17-13(20)9-4-5-9/h7,9-10H,2-6,8H2,1H3,(H,17,20). The summed E-state index contributed by atoms with van der Waals surface area (Å²) in [4.78, 5) is 23.0. The summed E-state index contributed by atoms with van der Waals surface area (Å²) in [5.74, 6) is 1.43. The maximum Gasteiger partial charge on any atom is 0.223 e. The summed E-state index contributed by atoms with van der Waals surface area (Å²) in [6, 6.07) is 0.228. The highest BCUT2D eigenvalue weighted by Crippen LogP contribution is 2.30. The predicted octanol–water partition coefficient (Wildman–Crippen LogP) is 2.46. The van der Waals surface area contributed by atoms with Crippen molar-refractivity contribution in [2.45, 2.75) is 36.9 Å². The number of halogens is 1. The molecule has 0 radical (unpaired) electrons. The van der Waals surface area contributed by atoms with Crippen molar-refractivity contribution in [3.63, 3.8) is 0 Å². The zero-order valence-electron chi connectivity index (χ0n) is 12.0. The van der Waals surface area contributed by atoms with Crippen LogP contribution in [0, 0.1) is 5.92 Å². The fourth-order valence-electron chi connectivity index (χ4n) is 2.61. The Morgan fingerprint density at radius 2 is 2.29 bits per heavy atom. The first-order valence-corrected chi connectivity index (χ1v) is 9.31. The third kappa shape index (κ3) is 3.69. The van der Waals surface area contributed by atoms with Crippen molar-refractivity contribution in [3.05, 3.63) is 10.7 Å². The summed E-state index contributed by atoms with van der Waals surface area (Å²) in [6.07, 6.45) is 8.00. The molecule has 1 amide bonds. The molecule has 1 aliphatic carbocycles. The Kier molecular flexibility index (Phi) is 4.69. The predicted molar refractivity (Wildman–Crippen MR) is 87.6 cm³/mol. The van der Waals surface area contributed by atoms with Gasteiger partial charge in [-0.15, -0.1) is 0 Å². The van der Waals surface area contributed by atoms with Crippen LogP contribution < -0.4 is 10.2 Å². The quantitative estimate of drug-likeness (QED) is 0.651. The van der Waals surface area contributed by atoms with E-state index in [2.05, 4.69) is 36.1 Å². The van der Waals surface area contributed by atoms with Crippen LogP contribution in [0.25, 0.3) is 0 Å². The summed E-state index contributed by atoms with van der Waals surface area (Å²) in [5.41, 5.74) is 0. The molecule has 0 spiro atoms. The molecule has 1 atom stereocenters. The number of anilines is 1. The highest BCUT2D eigenvalue weighted by Gasteiger charge is 2.32. The smallest absolute Gasteiger partial charge is 0.223 e. The van der Waals surface area contributed by atoms with Crippen LogP contribution in [0.3, 0.4) is 0 Å². The molecule has 1 saturated carbocycles. The van der Waals surface area contributed by atoms with E-state index in [1.165, 1.54) is 11.8 Å². The lowest BCUT2D eigenvalue weighted by Crippen LogP contribution is -2.48. The first kappa shape index (κ1) is 15.1. The number of nitrogens with one attached hydrogen (secondary N) is 1. The number of rotatable bonds is 4. The lowest BCUT2D eigenvalue weighted by molar-refractivity contribution is -0.123. The number of carbonyl (C=O) groups excluding carboxylic acids is 1. The van der Waals surface area contributed by atoms with Crippen LogP contribution in [0.15, 0.2) is 15.8 Å². The van der Waals surface area contributed by atoms with E-state index in [1.807, 2.05) is 6.26 Å². The van der Waals surface area contributed by atoms with Gasteiger partial charge in [0.2, 0.25) is 5.91 Å². The molecule has 2 fully saturated rings. The average Bonchev–Trinajstić information content (AvgIpc) is 3.33. The fraction of sp³-hybridized carbons (Fsp3) is 0.643. The van der Waals surface area contributed by atoms with Crippen LogP contribution >= 0.6 is 27.7 Å². The van der Waals surface area contributed by atoms with Crippen molar-refractivity contribution in [1.82, 2.24) is 15.3 Å². The Hall–Kier alpha value is -0.820. The topological polar surface area (TPSA) is 58.1 Å². The summed E-state index contributed by atoms with van der Waals surface area (Å²) in [6.45, 7) is 1.79. The van der Waals surface area contributed by atoms with Crippen molar-refractivity contribution >= 4 is 39.4 Å². The maximum absolute atomic E-state index is 11.9. The maximum atomic E-state index is 11.9. The highest BCUT2D eigenvalue weighted by atomic mass is 79.9. The van der Waals surface area contributed by atoms with Gasteiger partial charge in [0.1, 0.15) is 5.82 Å². The normalized spacial score (nSPS) is 22.2. The lowest BCUT2D eigenvalue weighted by atomic mass is 10.1. The van der Waals surface area contributed by atoms with Crippen LogP contribution in [-0.2, 0) is 4.79 Å². The van der Waals surface area contributed by atoms with Crippen molar-refractivity contribution in [3.8, 4) is 0 Å². The van der Waals surface area contributed by atoms with Crippen LogP contribution in [0.4, 0.5) is 5.82 Å². The van der Waals surface area contributed by atoms with Gasteiger partial charge in [0.15, 0.2) is 5.16 Å². The second-order valence-electron chi connectivity index (χ2n) is 5.60. The molecule has 21 heavy (non-hydrogen) atoms. The number of hydrogen-bond acceptors (Lipinski definition) is 5. The van der Waals surface area contributed by atoms with Gasteiger partial charge in [-0.25, -0.2) is 9.97 Å². The SMILES string of the molecule is CSc1ncc(Br)c(N2CCCC(NC(=O)C3CC3)C2)n1. The molecule has 7 heteroatoms. The molecule has 0 bridgehead atoms. The zero-order chi connectivity index (χ0) is 14.8. The first-order valence-electron chi connectivity index (χ1n) is 7.29. The number of piperidine rings is 1. The minimum Gasteiger partial charge on any atom is -0.353 e. The summed E-state index contributed by atoms with van der Waals surface area (Å²) in [7, 11) is 0. The van der Waals surface area contributed by atoms with Crippen molar-refractivity contribution < 1.29 is 4.79 Å². The third-order valence-electron chi connectivity index (χ3n) is 3.90. The molecule has 1 aromatic rings. The van der Waals surface area contributed by atoms with E-state index in [-0.39, 0.29) is 17.9 Å². The van der Waals surface area contributed by atoms with Gasteiger partial charge in [-0.1, -0.05) is 11.8 Å². The zero-order valence-corrected chi connectivity index (χ0v) is 14.4. The van der Waals surface area contributed by atoms with Crippen molar-refractivity contribution in [2.24, 2.45) is 5.92 Å². The van der Waals surface area contributed by atoms with Gasteiger partial charge in [-0.2, -0.15) is 0 Å². The molecule has 1 N–H and O–H groups in total. The largest absolute Gasteiger partial charge is 0.353 e. The van der Waals surface area contributed by atoms with Gasteiger partial charge >= 0.3 is 0 Å². The Labute approximate surface area is 137 Å².